The van der Waals surface area contributed by atoms with Crippen molar-refractivity contribution in [2.75, 3.05) is 20.2 Å². The molecule has 1 aromatic rings. The molecule has 5 heteroatoms. The standard InChI is InChI=1S/C30H45NO4/c1-18-8-11-21(32)24-23(18)29-14-15-31(17-20-9-10-20)19(2)28(29)12-13-30(34-7,25(29)35-24)22(16-28)27(6,33)26(3,4)5/h8,11,19-20,22,25,32-33H,9-10,12-17H2,1-7H3/t19-,22-,25-,27?,28-,29+,30+/m1/s1. The molecule has 7 rings (SSSR count). The minimum Gasteiger partial charge on any atom is -0.504 e. The first-order chi connectivity index (χ1) is 16.4. The van der Waals surface area contributed by atoms with E-state index in [0.29, 0.717) is 11.8 Å². The molecule has 2 bridgehead atoms. The lowest BCUT2D eigenvalue weighted by Crippen LogP contribution is -2.81. The fraction of sp³-hybridized carbons (Fsp3) is 0.800. The lowest BCUT2D eigenvalue weighted by Gasteiger charge is -2.74. The van der Waals surface area contributed by atoms with Gasteiger partial charge in [0.05, 0.1) is 5.60 Å². The Morgan fingerprint density at radius 2 is 1.86 bits per heavy atom. The third kappa shape index (κ3) is 2.76. The van der Waals surface area contributed by atoms with Gasteiger partial charge in [-0.05, 0) is 94.2 Å². The van der Waals surface area contributed by atoms with Gasteiger partial charge in [-0.2, -0.15) is 0 Å². The molecule has 2 N–H and O–H groups in total. The molecule has 2 aliphatic heterocycles. The van der Waals surface area contributed by atoms with E-state index in [1.165, 1.54) is 30.5 Å². The van der Waals surface area contributed by atoms with Crippen molar-refractivity contribution < 1.29 is 19.7 Å². The van der Waals surface area contributed by atoms with Crippen molar-refractivity contribution in [3.05, 3.63) is 23.3 Å². The van der Waals surface area contributed by atoms with Crippen molar-refractivity contribution in [2.45, 2.75) is 109 Å². The summed E-state index contributed by atoms with van der Waals surface area (Å²) in [5.41, 5.74) is 0.314. The number of aliphatic hydroxyl groups is 1. The summed E-state index contributed by atoms with van der Waals surface area (Å²) in [6.07, 6.45) is 6.38. The topological polar surface area (TPSA) is 62.2 Å². The van der Waals surface area contributed by atoms with Crippen LogP contribution in [0.15, 0.2) is 12.1 Å². The van der Waals surface area contributed by atoms with Crippen LogP contribution in [0.2, 0.25) is 0 Å². The highest BCUT2D eigenvalue weighted by molar-refractivity contribution is 5.61. The third-order valence-electron chi connectivity index (χ3n) is 11.8. The molecule has 5 fully saturated rings. The Labute approximate surface area is 211 Å². The van der Waals surface area contributed by atoms with Crippen LogP contribution in [0.1, 0.15) is 84.3 Å². The first-order valence-corrected chi connectivity index (χ1v) is 13.9. The summed E-state index contributed by atoms with van der Waals surface area (Å²) in [6, 6.07) is 4.22. The highest BCUT2D eigenvalue weighted by atomic mass is 16.6. The summed E-state index contributed by atoms with van der Waals surface area (Å²) in [5.74, 6) is 1.69. The van der Waals surface area contributed by atoms with Crippen LogP contribution in [0, 0.1) is 29.6 Å². The number of aromatic hydroxyl groups is 1. The summed E-state index contributed by atoms with van der Waals surface area (Å²) >= 11 is 0. The number of hydrogen-bond donors (Lipinski definition) is 2. The average Bonchev–Trinajstić information content (AvgIpc) is 3.54. The molecule has 0 aromatic heterocycles. The lowest BCUT2D eigenvalue weighted by molar-refractivity contribution is -0.309. The van der Waals surface area contributed by atoms with Crippen LogP contribution in [0.4, 0.5) is 0 Å². The third-order valence-corrected chi connectivity index (χ3v) is 11.8. The SMILES string of the molecule is CO[C@@]12CC[C@@]3(C[C@@H]1C(C)(O)C(C)(C)C)[C@@H](C)N(CC1CC1)CC[C@@]31c3c(C)ccc(O)c3O[C@@H]21. The molecule has 0 amide bonds. The lowest BCUT2D eigenvalue weighted by atomic mass is 9.35. The van der Waals surface area contributed by atoms with Gasteiger partial charge < -0.3 is 19.7 Å². The van der Waals surface area contributed by atoms with Gasteiger partial charge in [-0.1, -0.05) is 26.8 Å². The van der Waals surface area contributed by atoms with Crippen LogP contribution >= 0.6 is 0 Å². The Balaban J connectivity index is 1.59. The van der Waals surface area contributed by atoms with Gasteiger partial charge in [0.1, 0.15) is 11.7 Å². The maximum atomic E-state index is 12.2. The molecule has 7 atom stereocenters. The second kappa shape index (κ2) is 7.17. The van der Waals surface area contributed by atoms with Crippen molar-refractivity contribution >= 4 is 0 Å². The number of benzene rings is 1. The van der Waals surface area contributed by atoms with Gasteiger partial charge in [0.2, 0.25) is 0 Å². The Kier molecular flexibility index (Phi) is 4.93. The predicted molar refractivity (Wildman–Crippen MR) is 137 cm³/mol. The zero-order chi connectivity index (χ0) is 25.2. The van der Waals surface area contributed by atoms with Crippen LogP contribution < -0.4 is 4.74 Å². The quantitative estimate of drug-likeness (QED) is 0.617. The van der Waals surface area contributed by atoms with Crippen LogP contribution in [0.5, 0.6) is 11.5 Å². The normalized spacial score (nSPS) is 42.1. The Bertz CT molecular complexity index is 1040. The van der Waals surface area contributed by atoms with Crippen molar-refractivity contribution in [3.63, 3.8) is 0 Å². The minimum absolute atomic E-state index is 0.0468. The molecule has 2 heterocycles. The van der Waals surface area contributed by atoms with E-state index >= 15 is 0 Å². The molecule has 194 valence electrons. The molecule has 4 saturated carbocycles. The number of piperidine rings is 1. The van der Waals surface area contributed by atoms with E-state index in [9.17, 15) is 10.2 Å². The maximum absolute atomic E-state index is 12.2. The number of fused-ring (bicyclic) bond motifs is 3. The summed E-state index contributed by atoms with van der Waals surface area (Å²) < 4.78 is 13.5. The molecule has 2 spiro atoms. The van der Waals surface area contributed by atoms with E-state index in [-0.39, 0.29) is 34.0 Å². The highest BCUT2D eigenvalue weighted by Crippen LogP contribution is 2.76. The molecule has 5 nitrogen and oxygen atoms in total. The number of likely N-dealkylation sites (tertiary alicyclic amines) is 1. The van der Waals surface area contributed by atoms with E-state index in [1.54, 1.807) is 6.07 Å². The predicted octanol–water partition coefficient (Wildman–Crippen LogP) is 5.19. The highest BCUT2D eigenvalue weighted by Gasteiger charge is 2.80. The molecular weight excluding hydrogens is 438 g/mol. The van der Waals surface area contributed by atoms with Gasteiger partial charge in [-0.25, -0.2) is 0 Å². The zero-order valence-electron chi connectivity index (χ0n) is 22.8. The molecule has 1 saturated heterocycles. The van der Waals surface area contributed by atoms with E-state index < -0.39 is 11.2 Å². The van der Waals surface area contributed by atoms with E-state index in [4.69, 9.17) is 9.47 Å². The molecular formula is C30H45NO4. The molecule has 6 aliphatic rings. The average molecular weight is 484 g/mol. The van der Waals surface area contributed by atoms with Crippen LogP contribution in [0.25, 0.3) is 0 Å². The number of phenols is 1. The van der Waals surface area contributed by atoms with Crippen LogP contribution in [-0.4, -0.2) is 58.7 Å². The second-order valence-electron chi connectivity index (χ2n) is 13.9. The first kappa shape index (κ1) is 24.1. The number of methoxy groups -OCH3 is 1. The number of nitrogens with zero attached hydrogens (tertiary/aromatic N) is 1. The molecule has 4 aliphatic carbocycles. The van der Waals surface area contributed by atoms with Gasteiger partial charge in [0, 0.05) is 36.6 Å². The number of phenolic OH excluding ortho intramolecular Hbond substituents is 1. The largest absolute Gasteiger partial charge is 0.504 e. The fourth-order valence-electron chi connectivity index (χ4n) is 9.22. The molecule has 35 heavy (non-hydrogen) atoms. The van der Waals surface area contributed by atoms with Gasteiger partial charge in [0.25, 0.3) is 0 Å². The number of rotatable bonds is 4. The Morgan fingerprint density at radius 1 is 1.14 bits per heavy atom. The Hall–Kier alpha value is -1.30. The molecule has 0 radical (unpaired) electrons. The van der Waals surface area contributed by atoms with Gasteiger partial charge in [-0.15, -0.1) is 0 Å². The molecule has 1 unspecified atom stereocenters. The maximum Gasteiger partial charge on any atom is 0.165 e. The van der Waals surface area contributed by atoms with E-state index in [1.807, 2.05) is 14.0 Å². The van der Waals surface area contributed by atoms with E-state index in [0.717, 1.165) is 38.1 Å². The summed E-state index contributed by atoms with van der Waals surface area (Å²) in [5, 5.41) is 23.2. The smallest absolute Gasteiger partial charge is 0.165 e. The number of aryl methyl sites for hydroxylation is 1. The molecule has 1 aromatic carbocycles. The van der Waals surface area contributed by atoms with Gasteiger partial charge in [0.15, 0.2) is 11.5 Å². The number of hydrogen-bond acceptors (Lipinski definition) is 5. The van der Waals surface area contributed by atoms with Crippen molar-refractivity contribution in [1.82, 2.24) is 4.90 Å². The fourth-order valence-corrected chi connectivity index (χ4v) is 9.22. The summed E-state index contributed by atoms with van der Waals surface area (Å²) in [4.78, 5) is 2.75. The first-order valence-electron chi connectivity index (χ1n) is 13.9. The summed E-state index contributed by atoms with van der Waals surface area (Å²) in [6.45, 7) is 15.3. The van der Waals surface area contributed by atoms with Crippen molar-refractivity contribution in [2.24, 2.45) is 22.7 Å². The van der Waals surface area contributed by atoms with Gasteiger partial charge in [-0.3, -0.25) is 4.90 Å². The minimum atomic E-state index is -0.934. The van der Waals surface area contributed by atoms with Gasteiger partial charge >= 0.3 is 0 Å². The number of ether oxygens (including phenoxy) is 2. The van der Waals surface area contributed by atoms with Crippen LogP contribution in [0.3, 0.4) is 0 Å². The van der Waals surface area contributed by atoms with Crippen LogP contribution in [-0.2, 0) is 10.2 Å². The van der Waals surface area contributed by atoms with Crippen molar-refractivity contribution in [3.8, 4) is 11.5 Å². The van der Waals surface area contributed by atoms with E-state index in [2.05, 4.69) is 45.6 Å². The zero-order valence-corrected chi connectivity index (χ0v) is 22.8. The monoisotopic (exact) mass is 483 g/mol. The Morgan fingerprint density at radius 3 is 2.49 bits per heavy atom. The summed E-state index contributed by atoms with van der Waals surface area (Å²) in [7, 11) is 1.82. The van der Waals surface area contributed by atoms with Crippen molar-refractivity contribution in [1.29, 1.82) is 0 Å². The second-order valence-corrected chi connectivity index (χ2v) is 13.9.